The zero-order valence-electron chi connectivity index (χ0n) is 6.67. The first kappa shape index (κ1) is 9.24. The van der Waals surface area contributed by atoms with Gasteiger partial charge in [0.15, 0.2) is 0 Å². The van der Waals surface area contributed by atoms with Crippen molar-refractivity contribution in [3.8, 4) is 0 Å². The molecule has 6 nitrogen and oxygen atoms in total. The maximum Gasteiger partial charge on any atom is 0.323 e. The molecule has 0 unspecified atom stereocenters. The lowest BCUT2D eigenvalue weighted by Gasteiger charge is -2.01. The minimum absolute atomic E-state index is 0.245. The molecule has 0 atom stereocenters. The summed E-state index contributed by atoms with van der Waals surface area (Å²) in [5.41, 5.74) is 0. The predicted octanol–water partition coefficient (Wildman–Crippen LogP) is -0.405. The second-order valence-electron chi connectivity index (χ2n) is 2.44. The topological polar surface area (TPSA) is 92.4 Å². The Kier molecular flexibility index (Phi) is 2.63. The van der Waals surface area contributed by atoms with Gasteiger partial charge < -0.3 is 14.8 Å². The van der Waals surface area contributed by atoms with Gasteiger partial charge in [0.05, 0.1) is 0 Å². The standard InChI is InChI=1S/C7H8N2O4/c10-6(11)3-5-8-1-2-9(5)4-7(12)13/h1-2H,3-4H2,(H,10,11)(H,12,13). The van der Waals surface area contributed by atoms with E-state index in [0.717, 1.165) is 0 Å². The van der Waals surface area contributed by atoms with Crippen LogP contribution in [0.4, 0.5) is 0 Å². The zero-order valence-corrected chi connectivity index (χ0v) is 6.67. The monoisotopic (exact) mass is 184 g/mol. The fraction of sp³-hybridized carbons (Fsp3) is 0.286. The van der Waals surface area contributed by atoms with Gasteiger partial charge in [-0.3, -0.25) is 9.59 Å². The third-order valence-electron chi connectivity index (χ3n) is 1.42. The van der Waals surface area contributed by atoms with Crippen LogP contribution in [0.3, 0.4) is 0 Å². The van der Waals surface area contributed by atoms with Gasteiger partial charge in [0, 0.05) is 12.4 Å². The van der Waals surface area contributed by atoms with Crippen molar-refractivity contribution in [2.75, 3.05) is 0 Å². The molecule has 0 saturated heterocycles. The zero-order chi connectivity index (χ0) is 9.84. The lowest BCUT2D eigenvalue weighted by molar-refractivity contribution is -0.139. The van der Waals surface area contributed by atoms with Gasteiger partial charge in [-0.05, 0) is 0 Å². The van der Waals surface area contributed by atoms with Crippen molar-refractivity contribution in [3.63, 3.8) is 0 Å². The molecule has 0 radical (unpaired) electrons. The van der Waals surface area contributed by atoms with Crippen LogP contribution >= 0.6 is 0 Å². The fourth-order valence-corrected chi connectivity index (χ4v) is 0.932. The van der Waals surface area contributed by atoms with E-state index < -0.39 is 11.9 Å². The summed E-state index contributed by atoms with van der Waals surface area (Å²) in [4.78, 5) is 24.3. The molecule has 1 aromatic heterocycles. The molecule has 2 N–H and O–H groups in total. The highest BCUT2D eigenvalue weighted by atomic mass is 16.4. The molecule has 70 valence electrons. The lowest BCUT2D eigenvalue weighted by atomic mass is 10.4. The Morgan fingerprint density at radius 1 is 1.38 bits per heavy atom. The van der Waals surface area contributed by atoms with Gasteiger partial charge in [0.25, 0.3) is 0 Å². The Morgan fingerprint density at radius 3 is 2.62 bits per heavy atom. The highest BCUT2D eigenvalue weighted by Gasteiger charge is 2.09. The number of rotatable bonds is 4. The van der Waals surface area contributed by atoms with Crippen LogP contribution in [0.2, 0.25) is 0 Å². The molecule has 0 aromatic carbocycles. The Balaban J connectivity index is 2.76. The van der Waals surface area contributed by atoms with E-state index in [1.807, 2.05) is 0 Å². The van der Waals surface area contributed by atoms with Gasteiger partial charge >= 0.3 is 11.9 Å². The summed E-state index contributed by atoms with van der Waals surface area (Å²) in [6, 6.07) is 0. The summed E-state index contributed by atoms with van der Waals surface area (Å²) in [6.07, 6.45) is 2.55. The summed E-state index contributed by atoms with van der Waals surface area (Å²) in [5, 5.41) is 16.9. The van der Waals surface area contributed by atoms with Crippen molar-refractivity contribution in [1.82, 2.24) is 9.55 Å². The van der Waals surface area contributed by atoms with E-state index in [4.69, 9.17) is 10.2 Å². The van der Waals surface area contributed by atoms with Crippen LogP contribution in [-0.4, -0.2) is 31.7 Å². The first-order valence-corrected chi connectivity index (χ1v) is 3.53. The minimum Gasteiger partial charge on any atom is -0.481 e. The van der Waals surface area contributed by atoms with Gasteiger partial charge in [0.2, 0.25) is 0 Å². The number of aliphatic carboxylic acids is 2. The molecule has 0 aliphatic heterocycles. The Labute approximate surface area is 73.4 Å². The van der Waals surface area contributed by atoms with Gasteiger partial charge in [-0.1, -0.05) is 0 Å². The summed E-state index contributed by atoms with van der Waals surface area (Å²) >= 11 is 0. The van der Waals surface area contributed by atoms with Crippen molar-refractivity contribution in [1.29, 1.82) is 0 Å². The summed E-state index contributed by atoms with van der Waals surface area (Å²) in [7, 11) is 0. The fourth-order valence-electron chi connectivity index (χ4n) is 0.932. The number of nitrogens with zero attached hydrogens (tertiary/aromatic N) is 2. The highest BCUT2D eigenvalue weighted by molar-refractivity contribution is 5.70. The smallest absolute Gasteiger partial charge is 0.323 e. The van der Waals surface area contributed by atoms with Gasteiger partial charge in [0.1, 0.15) is 18.8 Å². The van der Waals surface area contributed by atoms with Crippen molar-refractivity contribution in [2.45, 2.75) is 13.0 Å². The molecular weight excluding hydrogens is 176 g/mol. The number of hydrogen-bond acceptors (Lipinski definition) is 3. The van der Waals surface area contributed by atoms with E-state index in [9.17, 15) is 9.59 Å². The molecule has 0 aliphatic rings. The number of hydrogen-bond donors (Lipinski definition) is 2. The van der Waals surface area contributed by atoms with Crippen molar-refractivity contribution >= 4 is 11.9 Å². The van der Waals surface area contributed by atoms with E-state index in [1.54, 1.807) is 0 Å². The second-order valence-corrected chi connectivity index (χ2v) is 2.44. The molecule has 0 amide bonds. The quantitative estimate of drug-likeness (QED) is 0.663. The van der Waals surface area contributed by atoms with E-state index >= 15 is 0 Å². The largest absolute Gasteiger partial charge is 0.481 e. The predicted molar refractivity (Wildman–Crippen MR) is 41.2 cm³/mol. The number of carbonyl (C=O) groups is 2. The molecule has 0 bridgehead atoms. The number of carboxylic acids is 2. The van der Waals surface area contributed by atoms with E-state index in [1.165, 1.54) is 17.0 Å². The summed E-state index contributed by atoms with van der Waals surface area (Å²) < 4.78 is 1.29. The Morgan fingerprint density at radius 2 is 2.08 bits per heavy atom. The average Bonchev–Trinajstić information content (AvgIpc) is 2.34. The molecular formula is C7H8N2O4. The molecule has 1 heterocycles. The van der Waals surface area contributed by atoms with E-state index in [0.29, 0.717) is 0 Å². The third kappa shape index (κ3) is 2.58. The Hall–Kier alpha value is -1.85. The lowest BCUT2D eigenvalue weighted by Crippen LogP contribution is -2.13. The van der Waals surface area contributed by atoms with Crippen LogP contribution in [0.25, 0.3) is 0 Å². The van der Waals surface area contributed by atoms with Gasteiger partial charge in [-0.15, -0.1) is 0 Å². The second kappa shape index (κ2) is 3.70. The first-order valence-electron chi connectivity index (χ1n) is 3.53. The van der Waals surface area contributed by atoms with E-state index in [-0.39, 0.29) is 18.8 Å². The molecule has 1 rings (SSSR count). The summed E-state index contributed by atoms with van der Waals surface area (Å²) in [6.45, 7) is -0.261. The number of aromatic nitrogens is 2. The molecule has 0 saturated carbocycles. The van der Waals surface area contributed by atoms with Crippen LogP contribution in [0.1, 0.15) is 5.82 Å². The highest BCUT2D eigenvalue weighted by Crippen LogP contribution is 1.98. The molecule has 0 aliphatic carbocycles. The van der Waals surface area contributed by atoms with Crippen LogP contribution in [0, 0.1) is 0 Å². The van der Waals surface area contributed by atoms with Gasteiger partial charge in [-0.25, -0.2) is 4.98 Å². The molecule has 1 aromatic rings. The SMILES string of the molecule is O=C(O)Cc1nccn1CC(=O)O. The van der Waals surface area contributed by atoms with Gasteiger partial charge in [-0.2, -0.15) is 0 Å². The number of imidazole rings is 1. The molecule has 0 fully saturated rings. The molecule has 0 spiro atoms. The molecule has 6 heteroatoms. The first-order chi connectivity index (χ1) is 6.09. The van der Waals surface area contributed by atoms with Crippen LogP contribution < -0.4 is 0 Å². The maximum atomic E-state index is 10.3. The van der Waals surface area contributed by atoms with Crippen LogP contribution in [-0.2, 0) is 22.6 Å². The van der Waals surface area contributed by atoms with Crippen molar-refractivity contribution < 1.29 is 19.8 Å². The maximum absolute atomic E-state index is 10.3. The van der Waals surface area contributed by atoms with Crippen LogP contribution in [0.5, 0.6) is 0 Å². The average molecular weight is 184 g/mol. The van der Waals surface area contributed by atoms with Crippen molar-refractivity contribution in [3.05, 3.63) is 18.2 Å². The molecule has 13 heavy (non-hydrogen) atoms. The normalized spacial score (nSPS) is 9.85. The third-order valence-corrected chi connectivity index (χ3v) is 1.42. The van der Waals surface area contributed by atoms with Crippen molar-refractivity contribution in [2.24, 2.45) is 0 Å². The number of carboxylic acid groups (broad SMARTS) is 2. The van der Waals surface area contributed by atoms with Crippen LogP contribution in [0.15, 0.2) is 12.4 Å². The summed E-state index contributed by atoms with van der Waals surface area (Å²) in [5.74, 6) is -1.81. The minimum atomic E-state index is -1.03. The Bertz CT molecular complexity index is 300. The van der Waals surface area contributed by atoms with E-state index in [2.05, 4.69) is 4.98 Å².